The second-order valence-corrected chi connectivity index (χ2v) is 5.22. The van der Waals surface area contributed by atoms with E-state index in [0.717, 1.165) is 38.3 Å². The Morgan fingerprint density at radius 3 is 2.48 bits per heavy atom. The molecule has 0 radical (unpaired) electrons. The summed E-state index contributed by atoms with van der Waals surface area (Å²) >= 11 is 0. The molecule has 0 saturated carbocycles. The summed E-state index contributed by atoms with van der Waals surface area (Å²) in [5.41, 5.74) is 4.07. The van der Waals surface area contributed by atoms with Crippen LogP contribution < -0.4 is 10.1 Å². The number of nitrogens with one attached hydrogen (secondary N) is 1. The van der Waals surface area contributed by atoms with Gasteiger partial charge in [-0.15, -0.1) is 0 Å². The van der Waals surface area contributed by atoms with Crippen molar-refractivity contribution in [2.45, 2.75) is 39.8 Å². The van der Waals surface area contributed by atoms with Crippen molar-refractivity contribution in [3.63, 3.8) is 0 Å². The lowest BCUT2D eigenvalue weighted by atomic mass is 10.1. The van der Waals surface area contributed by atoms with E-state index in [9.17, 15) is 0 Å². The zero-order valence-corrected chi connectivity index (χ0v) is 13.1. The van der Waals surface area contributed by atoms with Crippen LogP contribution in [0.25, 0.3) is 0 Å². The van der Waals surface area contributed by atoms with Crippen molar-refractivity contribution in [1.29, 1.82) is 0 Å². The standard InChI is InChI=1S/C19H25NO/c1-3-12-21-19-11-7-8-16(13-19)14-20-15-18-10-6-5-9-17(18)4-2/h5-11,13,20H,3-4,12,14-15H2,1-2H3. The zero-order chi connectivity index (χ0) is 14.9. The molecule has 1 N–H and O–H groups in total. The number of aryl methyl sites for hydroxylation is 1. The SMILES string of the molecule is CCCOc1cccc(CNCc2ccccc2CC)c1. The number of benzene rings is 2. The van der Waals surface area contributed by atoms with Crippen LogP contribution >= 0.6 is 0 Å². The first-order valence-electron chi connectivity index (χ1n) is 7.82. The van der Waals surface area contributed by atoms with E-state index in [2.05, 4.69) is 61.6 Å². The third-order valence-electron chi connectivity index (χ3n) is 3.52. The van der Waals surface area contributed by atoms with E-state index < -0.39 is 0 Å². The third-order valence-corrected chi connectivity index (χ3v) is 3.52. The molecule has 2 aromatic rings. The van der Waals surface area contributed by atoms with Crippen LogP contribution in [0.2, 0.25) is 0 Å². The first-order chi connectivity index (χ1) is 10.3. The topological polar surface area (TPSA) is 21.3 Å². The molecule has 2 nitrogen and oxygen atoms in total. The quantitative estimate of drug-likeness (QED) is 0.778. The van der Waals surface area contributed by atoms with Gasteiger partial charge in [-0.05, 0) is 41.7 Å². The molecule has 0 aliphatic carbocycles. The minimum absolute atomic E-state index is 0.779. The largest absolute Gasteiger partial charge is 0.494 e. The molecule has 0 aliphatic heterocycles. The van der Waals surface area contributed by atoms with Crippen LogP contribution in [0.4, 0.5) is 0 Å². The molecule has 0 heterocycles. The summed E-state index contributed by atoms with van der Waals surface area (Å²) in [4.78, 5) is 0. The van der Waals surface area contributed by atoms with Crippen molar-refractivity contribution in [1.82, 2.24) is 5.32 Å². The van der Waals surface area contributed by atoms with E-state index >= 15 is 0 Å². The average Bonchev–Trinajstić information content (AvgIpc) is 2.54. The van der Waals surface area contributed by atoms with Crippen molar-refractivity contribution in [2.75, 3.05) is 6.61 Å². The minimum Gasteiger partial charge on any atom is -0.494 e. The summed E-state index contributed by atoms with van der Waals surface area (Å²) in [6.45, 7) is 6.87. The molecular weight excluding hydrogens is 258 g/mol. The Hall–Kier alpha value is -1.80. The molecule has 0 aliphatic rings. The molecule has 112 valence electrons. The molecule has 2 rings (SSSR count). The second kappa shape index (κ2) is 8.48. The van der Waals surface area contributed by atoms with Gasteiger partial charge in [0.2, 0.25) is 0 Å². The zero-order valence-electron chi connectivity index (χ0n) is 13.1. The third kappa shape index (κ3) is 4.91. The van der Waals surface area contributed by atoms with Gasteiger partial charge in [0.15, 0.2) is 0 Å². The summed E-state index contributed by atoms with van der Waals surface area (Å²) in [5.74, 6) is 0.963. The first kappa shape index (κ1) is 15.6. The molecular formula is C19H25NO. The van der Waals surface area contributed by atoms with Crippen molar-refractivity contribution in [2.24, 2.45) is 0 Å². The lowest BCUT2D eigenvalue weighted by Gasteiger charge is -2.10. The van der Waals surface area contributed by atoms with Gasteiger partial charge in [0.05, 0.1) is 6.61 Å². The highest BCUT2D eigenvalue weighted by Crippen LogP contribution is 2.14. The Balaban J connectivity index is 1.88. The van der Waals surface area contributed by atoms with Crippen molar-refractivity contribution in [3.05, 3.63) is 65.2 Å². The second-order valence-electron chi connectivity index (χ2n) is 5.22. The molecule has 0 aromatic heterocycles. The van der Waals surface area contributed by atoms with Gasteiger partial charge in [-0.2, -0.15) is 0 Å². The number of hydrogen-bond donors (Lipinski definition) is 1. The van der Waals surface area contributed by atoms with E-state index in [1.165, 1.54) is 16.7 Å². The Kier molecular flexibility index (Phi) is 6.29. The maximum absolute atomic E-state index is 5.67. The van der Waals surface area contributed by atoms with Crippen molar-refractivity contribution >= 4 is 0 Å². The number of rotatable bonds is 8. The molecule has 0 atom stereocenters. The fourth-order valence-corrected chi connectivity index (χ4v) is 2.38. The van der Waals surface area contributed by atoms with Crippen LogP contribution in [0.1, 0.15) is 37.0 Å². The van der Waals surface area contributed by atoms with Gasteiger partial charge in [-0.3, -0.25) is 0 Å². The van der Waals surface area contributed by atoms with Gasteiger partial charge < -0.3 is 10.1 Å². The first-order valence-corrected chi connectivity index (χ1v) is 7.82. The summed E-state index contributed by atoms with van der Waals surface area (Å²) in [6.07, 6.45) is 2.12. The predicted molar refractivity (Wildman–Crippen MR) is 88.6 cm³/mol. The highest BCUT2D eigenvalue weighted by atomic mass is 16.5. The smallest absolute Gasteiger partial charge is 0.119 e. The number of ether oxygens (including phenoxy) is 1. The summed E-state index contributed by atoms with van der Waals surface area (Å²) in [7, 11) is 0. The van der Waals surface area contributed by atoms with E-state index in [-0.39, 0.29) is 0 Å². The van der Waals surface area contributed by atoms with Gasteiger partial charge in [0.1, 0.15) is 5.75 Å². The Morgan fingerprint density at radius 1 is 0.905 bits per heavy atom. The van der Waals surface area contributed by atoms with Gasteiger partial charge >= 0.3 is 0 Å². The molecule has 2 heteroatoms. The maximum atomic E-state index is 5.67. The van der Waals surface area contributed by atoms with Crippen LogP contribution in [0.5, 0.6) is 5.75 Å². The number of hydrogen-bond acceptors (Lipinski definition) is 2. The van der Waals surface area contributed by atoms with Crippen LogP contribution in [0, 0.1) is 0 Å². The van der Waals surface area contributed by atoms with Gasteiger partial charge in [-0.1, -0.05) is 50.2 Å². The van der Waals surface area contributed by atoms with E-state index in [1.807, 2.05) is 6.07 Å². The van der Waals surface area contributed by atoms with Crippen LogP contribution in [0.3, 0.4) is 0 Å². The monoisotopic (exact) mass is 283 g/mol. The van der Waals surface area contributed by atoms with E-state index in [0.29, 0.717) is 0 Å². The molecule has 0 bridgehead atoms. The van der Waals surface area contributed by atoms with Gasteiger partial charge in [-0.25, -0.2) is 0 Å². The lowest BCUT2D eigenvalue weighted by molar-refractivity contribution is 0.317. The lowest BCUT2D eigenvalue weighted by Crippen LogP contribution is -2.14. The maximum Gasteiger partial charge on any atom is 0.119 e. The van der Waals surface area contributed by atoms with Crippen LogP contribution in [0.15, 0.2) is 48.5 Å². The van der Waals surface area contributed by atoms with Crippen LogP contribution in [-0.4, -0.2) is 6.61 Å². The fraction of sp³-hybridized carbons (Fsp3) is 0.368. The fourth-order valence-electron chi connectivity index (χ4n) is 2.38. The average molecular weight is 283 g/mol. The van der Waals surface area contributed by atoms with E-state index in [1.54, 1.807) is 0 Å². The normalized spacial score (nSPS) is 10.6. The Labute approximate surface area is 128 Å². The Morgan fingerprint density at radius 2 is 1.71 bits per heavy atom. The molecule has 2 aromatic carbocycles. The van der Waals surface area contributed by atoms with Gasteiger partial charge in [0, 0.05) is 13.1 Å². The molecule has 21 heavy (non-hydrogen) atoms. The summed E-state index contributed by atoms with van der Waals surface area (Å²) < 4.78 is 5.67. The molecule has 0 amide bonds. The predicted octanol–water partition coefficient (Wildman–Crippen LogP) is 4.33. The van der Waals surface area contributed by atoms with Crippen LogP contribution in [-0.2, 0) is 19.5 Å². The van der Waals surface area contributed by atoms with E-state index in [4.69, 9.17) is 4.74 Å². The minimum atomic E-state index is 0.779. The molecule has 0 unspecified atom stereocenters. The molecule has 0 fully saturated rings. The highest BCUT2D eigenvalue weighted by molar-refractivity contribution is 5.29. The van der Waals surface area contributed by atoms with Crippen molar-refractivity contribution in [3.8, 4) is 5.75 Å². The molecule has 0 spiro atoms. The van der Waals surface area contributed by atoms with Gasteiger partial charge in [0.25, 0.3) is 0 Å². The Bertz CT molecular complexity index is 551. The molecule has 0 saturated heterocycles. The van der Waals surface area contributed by atoms with Crippen molar-refractivity contribution < 1.29 is 4.74 Å². The summed E-state index contributed by atoms with van der Waals surface area (Å²) in [6, 6.07) is 17.0. The summed E-state index contributed by atoms with van der Waals surface area (Å²) in [5, 5.41) is 3.52. The highest BCUT2D eigenvalue weighted by Gasteiger charge is 2.00.